The minimum absolute atomic E-state index is 0. The molecule has 1 aliphatic heterocycles. The molecule has 3 fully saturated rings. The van der Waals surface area contributed by atoms with Crippen molar-refractivity contribution in [3.63, 3.8) is 0 Å². The summed E-state index contributed by atoms with van der Waals surface area (Å²) in [5.41, 5.74) is 0.912. The van der Waals surface area contributed by atoms with Gasteiger partial charge in [-0.05, 0) is 149 Å². The van der Waals surface area contributed by atoms with Crippen molar-refractivity contribution in [2.75, 3.05) is 18.1 Å². The molecule has 1 heterocycles. The zero-order valence-electron chi connectivity index (χ0n) is 36.3. The number of halogens is 3. The summed E-state index contributed by atoms with van der Waals surface area (Å²) in [5, 5.41) is 0. The predicted octanol–water partition coefficient (Wildman–Crippen LogP) is 7.91. The van der Waals surface area contributed by atoms with Crippen LogP contribution in [0, 0.1) is 49.9 Å². The van der Waals surface area contributed by atoms with Gasteiger partial charge in [-0.1, -0.05) is 65.8 Å². The number of aryl methyl sites for hydroxylation is 1. The summed E-state index contributed by atoms with van der Waals surface area (Å²) in [5.74, 6) is 3.56. The van der Waals surface area contributed by atoms with Gasteiger partial charge in [-0.2, -0.15) is 14.8 Å². The fourth-order valence-corrected chi connectivity index (χ4v) is 11.2. The number of benzene rings is 1. The number of rotatable bonds is 9. The van der Waals surface area contributed by atoms with Gasteiger partial charge in [-0.15, -0.1) is 12.3 Å². The Morgan fingerprint density at radius 2 is 1.23 bits per heavy atom. The molecule has 0 aromatic heterocycles. The van der Waals surface area contributed by atoms with Crippen LogP contribution in [-0.4, -0.2) is 68.9 Å². The van der Waals surface area contributed by atoms with Gasteiger partial charge in [0.25, 0.3) is 10.1 Å². The largest absolute Gasteiger partial charge is 1.00 e. The molecule has 1 aromatic carbocycles. The van der Waals surface area contributed by atoms with Crippen molar-refractivity contribution < 1.29 is 53.0 Å². The molecule has 0 spiro atoms. The Balaban J connectivity index is 0.000000959. The van der Waals surface area contributed by atoms with E-state index in [1.807, 2.05) is 6.92 Å². The van der Waals surface area contributed by atoms with Gasteiger partial charge in [0, 0.05) is 12.5 Å². The van der Waals surface area contributed by atoms with Gasteiger partial charge in [0.1, 0.15) is 6.10 Å². The predicted molar refractivity (Wildman–Crippen MR) is 235 cm³/mol. The van der Waals surface area contributed by atoms with Crippen molar-refractivity contribution in [2.45, 2.75) is 170 Å². The Bertz CT molecular complexity index is 1650. The minimum Gasteiger partial charge on any atom is -0.379 e. The van der Waals surface area contributed by atoms with Gasteiger partial charge in [0.15, 0.2) is 19.7 Å². The Kier molecular flexibility index (Phi) is 25.2. The second kappa shape index (κ2) is 25.2. The van der Waals surface area contributed by atoms with E-state index in [0.29, 0.717) is 49.4 Å². The number of ether oxygens (including phenoxy) is 1. The molecule has 8 nitrogen and oxygen atoms in total. The van der Waals surface area contributed by atoms with Crippen LogP contribution in [0.1, 0.15) is 138 Å². The van der Waals surface area contributed by atoms with E-state index in [0.717, 1.165) is 44.3 Å². The SMILES string of the molecule is C#CC1CCC(CS(=O)(=O)C(C)(C)C)CC1.CC1CCCO1.Cc1ccc(S(=O)(=O)OC(C2CCC(CS(=O)(=O)C(C)(C)C)CC2)C(Cl)(Cl)Cl)cc1.[CH2-]CCC.[Li+]. The Labute approximate surface area is 375 Å². The van der Waals surface area contributed by atoms with Crippen molar-refractivity contribution in [1.82, 2.24) is 0 Å². The molecule has 1 aromatic rings. The summed E-state index contributed by atoms with van der Waals surface area (Å²) >= 11 is 18.3. The van der Waals surface area contributed by atoms with Gasteiger partial charge in [0.2, 0.25) is 3.79 Å². The molecule has 0 bridgehead atoms. The quantitative estimate of drug-likeness (QED) is 0.0807. The monoisotopic (exact) mass is 910 g/mol. The Morgan fingerprint density at radius 1 is 0.807 bits per heavy atom. The number of terminal acetylenes is 1. The summed E-state index contributed by atoms with van der Waals surface area (Å²) in [7, 11) is -10.3. The van der Waals surface area contributed by atoms with E-state index >= 15 is 0 Å². The first-order chi connectivity index (χ1) is 25.6. The fraction of sp³-hybridized carbons (Fsp3) is 0.786. The van der Waals surface area contributed by atoms with Gasteiger partial charge in [-0.25, -0.2) is 16.8 Å². The van der Waals surface area contributed by atoms with Crippen molar-refractivity contribution in [3.05, 3.63) is 36.8 Å². The second-order valence-corrected chi connectivity index (χ2v) is 27.0. The van der Waals surface area contributed by atoms with E-state index in [1.54, 1.807) is 53.7 Å². The van der Waals surface area contributed by atoms with Crippen LogP contribution in [0.2, 0.25) is 0 Å². The molecule has 3 aliphatic rings. The van der Waals surface area contributed by atoms with Gasteiger partial charge < -0.3 is 11.7 Å². The van der Waals surface area contributed by atoms with Gasteiger partial charge in [-0.3, -0.25) is 4.18 Å². The van der Waals surface area contributed by atoms with Crippen LogP contribution in [0.4, 0.5) is 0 Å². The average Bonchev–Trinajstić information content (AvgIpc) is 3.58. The van der Waals surface area contributed by atoms with E-state index in [-0.39, 0.29) is 41.3 Å². The van der Waals surface area contributed by atoms with Crippen LogP contribution >= 0.6 is 34.8 Å². The zero-order valence-corrected chi connectivity index (χ0v) is 41.0. The van der Waals surface area contributed by atoms with Crippen LogP contribution in [-0.2, 0) is 38.7 Å². The molecule has 2 aliphatic carbocycles. The molecule has 0 amide bonds. The smallest absolute Gasteiger partial charge is 0.379 e. The van der Waals surface area contributed by atoms with Crippen LogP contribution in [0.3, 0.4) is 0 Å². The molecular formula is C42H70Cl3LiO8S3. The second-order valence-electron chi connectivity index (χ2n) is 17.5. The number of sulfone groups is 2. The standard InChI is InChI=1S/C20H29Cl3O5S2.C13H22O2S.C5H10O.C4H9.Li/c1-14-5-11-17(12-6-14)30(26,27)28-18(20(21,22)23)16-9-7-15(8-10-16)13-29(24,25)19(2,3)4;1-5-11-6-8-12(9-7-11)10-16(14,15)13(2,3)4;1-5-3-2-4-6-5;1-3-4-2;/h5-6,11-12,15-16,18H,7-10,13H2,1-4H3;1,11-12H,6-10H2,2-4H3;5H,2-4H2,1H3;1,3-4H2,2H3;/q;;;-1;+1. The van der Waals surface area contributed by atoms with Crippen LogP contribution in [0.5, 0.6) is 0 Å². The first kappa shape index (κ1) is 57.0. The molecule has 2 unspecified atom stereocenters. The Morgan fingerprint density at radius 3 is 1.53 bits per heavy atom. The van der Waals surface area contributed by atoms with E-state index in [9.17, 15) is 25.3 Å². The first-order valence-electron chi connectivity index (χ1n) is 20.0. The third-order valence-electron chi connectivity index (χ3n) is 10.6. The van der Waals surface area contributed by atoms with Gasteiger partial charge in [0.05, 0.1) is 32.0 Å². The Hall–Kier alpha value is 0.0174. The van der Waals surface area contributed by atoms with Crippen LogP contribution < -0.4 is 18.9 Å². The maximum Gasteiger partial charge on any atom is 1.00 e. The molecule has 1 saturated heterocycles. The van der Waals surface area contributed by atoms with Crippen molar-refractivity contribution >= 4 is 64.6 Å². The third kappa shape index (κ3) is 20.6. The number of unbranched alkanes of at least 4 members (excludes halogenated alkanes) is 1. The molecule has 57 heavy (non-hydrogen) atoms. The zero-order chi connectivity index (χ0) is 43.2. The molecule has 326 valence electrons. The molecule has 2 atom stereocenters. The molecule has 0 radical (unpaired) electrons. The van der Waals surface area contributed by atoms with Crippen LogP contribution in [0.25, 0.3) is 0 Å². The van der Waals surface area contributed by atoms with Crippen molar-refractivity contribution in [3.8, 4) is 12.3 Å². The van der Waals surface area contributed by atoms with Crippen molar-refractivity contribution in [1.29, 1.82) is 0 Å². The average molecular weight is 913 g/mol. The number of hydrogen-bond donors (Lipinski definition) is 0. The van der Waals surface area contributed by atoms with Crippen molar-refractivity contribution in [2.24, 2.45) is 23.7 Å². The molecule has 4 rings (SSSR count). The molecule has 15 heteroatoms. The summed E-state index contributed by atoms with van der Waals surface area (Å²) in [6, 6.07) is 6.24. The number of hydrogen-bond acceptors (Lipinski definition) is 8. The normalized spacial score (nSPS) is 23.8. The maximum atomic E-state index is 12.7. The third-order valence-corrected chi connectivity index (χ3v) is 18.1. The fourth-order valence-electron chi connectivity index (χ4n) is 6.31. The van der Waals surface area contributed by atoms with E-state index < -0.39 is 49.2 Å². The summed E-state index contributed by atoms with van der Waals surface area (Å²) in [4.78, 5) is -0.00249. The van der Waals surface area contributed by atoms with Crippen LogP contribution in [0.15, 0.2) is 29.2 Å². The minimum atomic E-state index is -4.12. The molecular weight excluding hydrogens is 842 g/mol. The molecule has 2 saturated carbocycles. The molecule has 0 N–H and O–H groups in total. The topological polar surface area (TPSA) is 121 Å². The maximum absolute atomic E-state index is 12.7. The summed E-state index contributed by atoms with van der Waals surface area (Å²) in [6.45, 7) is 21.1. The number of alkyl halides is 3. The van der Waals surface area contributed by atoms with E-state index in [1.165, 1.54) is 31.4 Å². The van der Waals surface area contributed by atoms with E-state index in [2.05, 4.69) is 26.7 Å². The van der Waals surface area contributed by atoms with E-state index in [4.69, 9.17) is 50.1 Å². The first-order valence-corrected chi connectivity index (χ1v) is 25.8. The summed E-state index contributed by atoms with van der Waals surface area (Å²) in [6.07, 6.45) is 15.7. The van der Waals surface area contributed by atoms with Gasteiger partial charge >= 0.3 is 18.9 Å². The summed E-state index contributed by atoms with van der Waals surface area (Å²) < 4.78 is 81.7.